The van der Waals surface area contributed by atoms with Gasteiger partial charge in [-0.2, -0.15) is 0 Å². The van der Waals surface area contributed by atoms with Crippen molar-refractivity contribution < 1.29 is 19.1 Å². The highest BCUT2D eigenvalue weighted by Gasteiger charge is 2.27. The summed E-state index contributed by atoms with van der Waals surface area (Å²) in [4.78, 5) is 21.8. The Kier molecular flexibility index (Phi) is 4.51. The van der Waals surface area contributed by atoms with Crippen LogP contribution in [0.2, 0.25) is 0 Å². The summed E-state index contributed by atoms with van der Waals surface area (Å²) in [6.45, 7) is 2.00. The van der Waals surface area contributed by atoms with E-state index in [2.05, 4.69) is 4.74 Å². The molecule has 0 N–H and O–H groups in total. The lowest BCUT2D eigenvalue weighted by atomic mass is 9.97. The number of hydrogen-bond donors (Lipinski definition) is 0. The standard InChI is InChI=1S/C12H14O4/c1-9(12(14)15-2)11(16-8-13)10-6-4-3-5-7-10/h3-9,11H,1-2H3/t9-,11-/m0/s1. The van der Waals surface area contributed by atoms with E-state index in [0.29, 0.717) is 6.47 Å². The van der Waals surface area contributed by atoms with Crippen molar-refractivity contribution in [1.82, 2.24) is 0 Å². The Morgan fingerprint density at radius 2 is 1.94 bits per heavy atom. The molecule has 0 aliphatic rings. The van der Waals surface area contributed by atoms with Crippen molar-refractivity contribution in [3.8, 4) is 0 Å². The number of esters is 1. The third-order valence-electron chi connectivity index (χ3n) is 2.36. The minimum absolute atomic E-state index is 0.344. The van der Waals surface area contributed by atoms with Crippen LogP contribution < -0.4 is 0 Å². The van der Waals surface area contributed by atoms with E-state index in [4.69, 9.17) is 4.74 Å². The molecule has 0 amide bonds. The van der Waals surface area contributed by atoms with Crippen molar-refractivity contribution >= 4 is 12.4 Å². The van der Waals surface area contributed by atoms with E-state index in [1.54, 1.807) is 19.1 Å². The van der Waals surface area contributed by atoms with Gasteiger partial charge in [-0.1, -0.05) is 30.3 Å². The average Bonchev–Trinajstić information content (AvgIpc) is 2.35. The highest BCUT2D eigenvalue weighted by molar-refractivity contribution is 5.73. The summed E-state index contributed by atoms with van der Waals surface area (Å²) >= 11 is 0. The van der Waals surface area contributed by atoms with Gasteiger partial charge in [0.15, 0.2) is 0 Å². The Bertz CT molecular complexity index is 347. The van der Waals surface area contributed by atoms with Crippen molar-refractivity contribution in [2.45, 2.75) is 13.0 Å². The smallest absolute Gasteiger partial charge is 0.312 e. The molecule has 1 rings (SSSR count). The molecule has 0 radical (unpaired) electrons. The Hall–Kier alpha value is -1.84. The predicted molar refractivity (Wildman–Crippen MR) is 57.5 cm³/mol. The van der Waals surface area contributed by atoms with Crippen molar-refractivity contribution in [3.63, 3.8) is 0 Å². The fraction of sp³-hybridized carbons (Fsp3) is 0.333. The molecular formula is C12H14O4. The van der Waals surface area contributed by atoms with Gasteiger partial charge in [0.1, 0.15) is 6.10 Å². The first-order valence-corrected chi connectivity index (χ1v) is 4.92. The summed E-state index contributed by atoms with van der Waals surface area (Å²) in [5.74, 6) is -0.937. The molecule has 86 valence electrons. The number of ether oxygens (including phenoxy) is 2. The van der Waals surface area contributed by atoms with Crippen LogP contribution in [0.25, 0.3) is 0 Å². The second kappa shape index (κ2) is 5.90. The van der Waals surface area contributed by atoms with Gasteiger partial charge in [0, 0.05) is 0 Å². The number of carbonyl (C=O) groups excluding carboxylic acids is 2. The van der Waals surface area contributed by atoms with Crippen LogP contribution in [0.15, 0.2) is 30.3 Å². The van der Waals surface area contributed by atoms with Crippen LogP contribution in [0.1, 0.15) is 18.6 Å². The van der Waals surface area contributed by atoms with Gasteiger partial charge in [0.05, 0.1) is 13.0 Å². The Balaban J connectivity index is 2.91. The fourth-order valence-corrected chi connectivity index (χ4v) is 1.50. The van der Waals surface area contributed by atoms with Gasteiger partial charge in [0.25, 0.3) is 6.47 Å². The molecule has 0 spiro atoms. The summed E-state index contributed by atoms with van der Waals surface area (Å²) in [5.41, 5.74) is 0.771. The van der Waals surface area contributed by atoms with Gasteiger partial charge in [-0.3, -0.25) is 9.59 Å². The molecule has 0 fully saturated rings. The van der Waals surface area contributed by atoms with E-state index < -0.39 is 18.0 Å². The third-order valence-corrected chi connectivity index (χ3v) is 2.36. The minimum atomic E-state index is -0.605. The first-order valence-electron chi connectivity index (χ1n) is 4.92. The third kappa shape index (κ3) is 2.82. The number of carbonyl (C=O) groups is 2. The van der Waals surface area contributed by atoms with Crippen molar-refractivity contribution in [1.29, 1.82) is 0 Å². The first kappa shape index (κ1) is 12.2. The summed E-state index contributed by atoms with van der Waals surface area (Å²) in [6.07, 6.45) is -0.605. The molecule has 0 aromatic heterocycles. The van der Waals surface area contributed by atoms with Crippen LogP contribution in [-0.4, -0.2) is 19.6 Å². The lowest BCUT2D eigenvalue weighted by molar-refractivity contribution is -0.153. The molecular weight excluding hydrogens is 208 g/mol. The Labute approximate surface area is 94.2 Å². The maximum Gasteiger partial charge on any atom is 0.312 e. The SMILES string of the molecule is COC(=O)[C@@H](C)[C@H](OC=O)c1ccccc1. The largest absolute Gasteiger partial charge is 0.469 e. The topological polar surface area (TPSA) is 52.6 Å². The van der Waals surface area contributed by atoms with Crippen molar-refractivity contribution in [2.24, 2.45) is 5.92 Å². The van der Waals surface area contributed by atoms with Gasteiger partial charge >= 0.3 is 5.97 Å². The molecule has 4 nitrogen and oxygen atoms in total. The van der Waals surface area contributed by atoms with Crippen LogP contribution in [-0.2, 0) is 19.1 Å². The van der Waals surface area contributed by atoms with Gasteiger partial charge < -0.3 is 9.47 Å². The zero-order valence-electron chi connectivity index (χ0n) is 9.25. The van der Waals surface area contributed by atoms with E-state index in [0.717, 1.165) is 5.56 Å². The molecule has 16 heavy (non-hydrogen) atoms. The van der Waals surface area contributed by atoms with Gasteiger partial charge in [-0.25, -0.2) is 0 Å². The van der Waals surface area contributed by atoms with E-state index in [1.807, 2.05) is 18.2 Å². The van der Waals surface area contributed by atoms with Gasteiger partial charge in [-0.05, 0) is 12.5 Å². The monoisotopic (exact) mass is 222 g/mol. The second-order valence-corrected chi connectivity index (χ2v) is 3.38. The highest BCUT2D eigenvalue weighted by atomic mass is 16.5. The molecule has 0 saturated heterocycles. The summed E-state index contributed by atoms with van der Waals surface area (Å²) in [7, 11) is 1.31. The predicted octanol–water partition coefficient (Wildman–Crippen LogP) is 1.71. The molecule has 2 atom stereocenters. The molecule has 4 heteroatoms. The van der Waals surface area contributed by atoms with Crippen LogP contribution in [0.5, 0.6) is 0 Å². The van der Waals surface area contributed by atoms with Crippen LogP contribution >= 0.6 is 0 Å². The lowest BCUT2D eigenvalue weighted by Crippen LogP contribution is -2.22. The van der Waals surface area contributed by atoms with E-state index >= 15 is 0 Å². The minimum Gasteiger partial charge on any atom is -0.469 e. The number of rotatable bonds is 5. The van der Waals surface area contributed by atoms with Gasteiger partial charge in [-0.15, -0.1) is 0 Å². The highest BCUT2D eigenvalue weighted by Crippen LogP contribution is 2.25. The van der Waals surface area contributed by atoms with E-state index in [9.17, 15) is 9.59 Å². The molecule has 0 unspecified atom stereocenters. The quantitative estimate of drug-likeness (QED) is 0.562. The molecule has 0 saturated carbocycles. The molecule has 0 bridgehead atoms. The first-order chi connectivity index (χ1) is 7.70. The number of benzene rings is 1. The Morgan fingerprint density at radius 3 is 2.44 bits per heavy atom. The van der Waals surface area contributed by atoms with Crippen LogP contribution in [0, 0.1) is 5.92 Å². The van der Waals surface area contributed by atoms with Crippen LogP contribution in [0.3, 0.4) is 0 Å². The van der Waals surface area contributed by atoms with E-state index in [1.165, 1.54) is 7.11 Å². The fourth-order valence-electron chi connectivity index (χ4n) is 1.50. The molecule has 0 aliphatic carbocycles. The zero-order chi connectivity index (χ0) is 12.0. The molecule has 1 aromatic rings. The second-order valence-electron chi connectivity index (χ2n) is 3.38. The maximum absolute atomic E-state index is 11.4. The number of hydrogen-bond acceptors (Lipinski definition) is 4. The van der Waals surface area contributed by atoms with Crippen molar-refractivity contribution in [3.05, 3.63) is 35.9 Å². The molecule has 0 heterocycles. The molecule has 1 aromatic carbocycles. The summed E-state index contributed by atoms with van der Waals surface area (Å²) in [6, 6.07) is 9.09. The van der Waals surface area contributed by atoms with Crippen molar-refractivity contribution in [2.75, 3.05) is 7.11 Å². The lowest BCUT2D eigenvalue weighted by Gasteiger charge is -2.20. The summed E-state index contributed by atoms with van der Waals surface area (Å²) in [5, 5.41) is 0. The van der Waals surface area contributed by atoms with Gasteiger partial charge in [0.2, 0.25) is 0 Å². The Morgan fingerprint density at radius 1 is 1.31 bits per heavy atom. The normalized spacial score (nSPS) is 13.6. The zero-order valence-corrected chi connectivity index (χ0v) is 9.25. The average molecular weight is 222 g/mol. The van der Waals surface area contributed by atoms with E-state index in [-0.39, 0.29) is 0 Å². The molecule has 0 aliphatic heterocycles. The maximum atomic E-state index is 11.4. The van der Waals surface area contributed by atoms with Crippen LogP contribution in [0.4, 0.5) is 0 Å². The number of methoxy groups -OCH3 is 1. The summed E-state index contributed by atoms with van der Waals surface area (Å²) < 4.78 is 9.56.